The number of anilines is 1. The van der Waals surface area contributed by atoms with Gasteiger partial charge in [0.25, 0.3) is 0 Å². The molecule has 0 radical (unpaired) electrons. The Bertz CT molecular complexity index is 702. The van der Waals surface area contributed by atoms with Gasteiger partial charge in [-0.2, -0.15) is 0 Å². The van der Waals surface area contributed by atoms with Gasteiger partial charge in [0.1, 0.15) is 18.2 Å². The van der Waals surface area contributed by atoms with Crippen molar-refractivity contribution in [3.8, 4) is 0 Å². The molecule has 6 nitrogen and oxygen atoms in total. The Morgan fingerprint density at radius 1 is 1.27 bits per heavy atom. The largest absolute Gasteiger partial charge is 0.343 e. The van der Waals surface area contributed by atoms with E-state index in [2.05, 4.69) is 5.32 Å². The zero-order valence-electron chi connectivity index (χ0n) is 12.4. The second kappa shape index (κ2) is 4.32. The fraction of sp³-hybridized carbons (Fsp3) is 0.438. The number of fused-ring (bicyclic) bond motifs is 5. The van der Waals surface area contributed by atoms with Crippen molar-refractivity contribution in [3.05, 3.63) is 29.8 Å². The Hall–Kier alpha value is -2.37. The average molecular weight is 299 g/mol. The maximum Gasteiger partial charge on any atom is 0.247 e. The lowest BCUT2D eigenvalue weighted by Gasteiger charge is -2.39. The minimum atomic E-state index is -0.542. The van der Waals surface area contributed by atoms with Crippen molar-refractivity contribution in [2.45, 2.75) is 44.4 Å². The van der Waals surface area contributed by atoms with Gasteiger partial charge >= 0.3 is 0 Å². The first-order chi connectivity index (χ1) is 10.5. The van der Waals surface area contributed by atoms with Crippen LogP contribution in [0.2, 0.25) is 0 Å². The summed E-state index contributed by atoms with van der Waals surface area (Å²) in [5, 5.41) is 2.72. The van der Waals surface area contributed by atoms with E-state index >= 15 is 0 Å². The Labute approximate surface area is 128 Å². The van der Waals surface area contributed by atoms with Crippen LogP contribution >= 0.6 is 0 Å². The van der Waals surface area contributed by atoms with E-state index in [4.69, 9.17) is 0 Å². The van der Waals surface area contributed by atoms with E-state index < -0.39 is 12.1 Å². The second-order valence-electron chi connectivity index (χ2n) is 6.20. The summed E-state index contributed by atoms with van der Waals surface area (Å²) < 4.78 is 0. The minimum Gasteiger partial charge on any atom is -0.343 e. The first kappa shape index (κ1) is 13.3. The molecule has 3 amide bonds. The predicted molar refractivity (Wildman–Crippen MR) is 79.0 cm³/mol. The number of amides is 3. The SMILES string of the molecule is CC(=O)N1c2ccccc2[C@H]2C[C@@H]3C(=O)N[C@H](C)C(=O)N3[C@H]21. The van der Waals surface area contributed by atoms with Crippen molar-refractivity contribution in [3.63, 3.8) is 0 Å². The quantitative estimate of drug-likeness (QED) is 0.762. The van der Waals surface area contributed by atoms with Crippen molar-refractivity contribution in [2.24, 2.45) is 0 Å². The van der Waals surface area contributed by atoms with Crippen molar-refractivity contribution < 1.29 is 14.4 Å². The summed E-state index contributed by atoms with van der Waals surface area (Å²) in [6.45, 7) is 3.19. The number of piperazine rings is 1. The highest BCUT2D eigenvalue weighted by molar-refractivity contribution is 6.01. The standard InChI is InChI=1S/C16H17N3O3/c1-8-16(22)19-13(14(21)17-8)7-11-10-5-3-4-6-12(10)18(9(2)20)15(11)19/h3-6,8,11,13,15H,7H2,1-2H3,(H,17,21)/t8-,11-,13-,15-/m1/s1. The van der Waals surface area contributed by atoms with Crippen LogP contribution in [0.1, 0.15) is 31.7 Å². The van der Waals surface area contributed by atoms with Gasteiger partial charge in [0.2, 0.25) is 17.7 Å². The minimum absolute atomic E-state index is 0.00472. The third-order valence-corrected chi connectivity index (χ3v) is 4.94. The van der Waals surface area contributed by atoms with Gasteiger partial charge in [0.15, 0.2) is 0 Å². The normalized spacial score (nSPS) is 32.5. The highest BCUT2D eigenvalue weighted by atomic mass is 16.2. The zero-order valence-corrected chi connectivity index (χ0v) is 12.4. The van der Waals surface area contributed by atoms with Gasteiger partial charge in [-0.3, -0.25) is 19.3 Å². The van der Waals surface area contributed by atoms with Crippen LogP contribution in [-0.2, 0) is 14.4 Å². The Balaban J connectivity index is 1.85. The van der Waals surface area contributed by atoms with Gasteiger partial charge in [-0.05, 0) is 25.0 Å². The lowest BCUT2D eigenvalue weighted by Crippen LogP contribution is -2.64. The van der Waals surface area contributed by atoms with Gasteiger partial charge in [-0.25, -0.2) is 0 Å². The van der Waals surface area contributed by atoms with Crippen LogP contribution in [-0.4, -0.2) is 40.9 Å². The topological polar surface area (TPSA) is 69.7 Å². The summed E-state index contributed by atoms with van der Waals surface area (Å²) in [4.78, 5) is 40.3. The summed E-state index contributed by atoms with van der Waals surface area (Å²) in [5.74, 6) is -0.337. The molecule has 0 bridgehead atoms. The summed E-state index contributed by atoms with van der Waals surface area (Å²) in [7, 11) is 0. The average Bonchev–Trinajstić information content (AvgIpc) is 2.99. The second-order valence-corrected chi connectivity index (χ2v) is 6.20. The molecule has 2 saturated heterocycles. The molecule has 6 heteroatoms. The molecule has 1 aromatic carbocycles. The molecule has 0 unspecified atom stereocenters. The molecule has 1 N–H and O–H groups in total. The number of hydrogen-bond acceptors (Lipinski definition) is 3. The van der Waals surface area contributed by atoms with Crippen LogP contribution in [0.3, 0.4) is 0 Å². The van der Waals surface area contributed by atoms with E-state index in [0.29, 0.717) is 6.42 Å². The van der Waals surface area contributed by atoms with E-state index in [0.717, 1.165) is 11.3 Å². The van der Waals surface area contributed by atoms with E-state index in [1.807, 2.05) is 24.3 Å². The highest BCUT2D eigenvalue weighted by Crippen LogP contribution is 2.50. The molecule has 0 spiro atoms. The summed E-state index contributed by atoms with van der Waals surface area (Å²) in [6.07, 6.45) is 0.191. The van der Waals surface area contributed by atoms with Crippen LogP contribution in [0.4, 0.5) is 5.69 Å². The number of para-hydroxylation sites is 1. The van der Waals surface area contributed by atoms with Crippen molar-refractivity contribution >= 4 is 23.4 Å². The van der Waals surface area contributed by atoms with Crippen LogP contribution in [0.5, 0.6) is 0 Å². The van der Waals surface area contributed by atoms with Crippen LogP contribution < -0.4 is 10.2 Å². The summed E-state index contributed by atoms with van der Waals surface area (Å²) >= 11 is 0. The van der Waals surface area contributed by atoms with Crippen LogP contribution in [0.25, 0.3) is 0 Å². The molecule has 114 valence electrons. The lowest BCUT2D eigenvalue weighted by atomic mass is 9.96. The summed E-state index contributed by atoms with van der Waals surface area (Å²) in [5.41, 5.74) is 1.90. The molecule has 0 aliphatic carbocycles. The molecule has 4 rings (SSSR count). The molecule has 3 aliphatic rings. The van der Waals surface area contributed by atoms with Crippen molar-refractivity contribution in [1.29, 1.82) is 0 Å². The van der Waals surface area contributed by atoms with Crippen LogP contribution in [0.15, 0.2) is 24.3 Å². The maximum absolute atomic E-state index is 12.6. The van der Waals surface area contributed by atoms with E-state index in [1.54, 1.807) is 16.7 Å². The summed E-state index contributed by atoms with van der Waals surface area (Å²) in [6, 6.07) is 6.69. The Morgan fingerprint density at radius 2 is 2.00 bits per heavy atom. The third-order valence-electron chi connectivity index (χ3n) is 4.94. The lowest BCUT2D eigenvalue weighted by molar-refractivity contribution is -0.148. The predicted octanol–water partition coefficient (Wildman–Crippen LogP) is 0.582. The van der Waals surface area contributed by atoms with E-state index in [-0.39, 0.29) is 29.8 Å². The maximum atomic E-state index is 12.6. The molecular formula is C16H17N3O3. The Kier molecular flexibility index (Phi) is 2.61. The number of carbonyl (C=O) groups is 3. The number of nitrogens with one attached hydrogen (secondary N) is 1. The zero-order chi connectivity index (χ0) is 15.6. The number of nitrogens with zero attached hydrogens (tertiary/aromatic N) is 2. The van der Waals surface area contributed by atoms with Gasteiger partial charge in [-0.1, -0.05) is 18.2 Å². The first-order valence-corrected chi connectivity index (χ1v) is 7.52. The first-order valence-electron chi connectivity index (χ1n) is 7.52. The number of carbonyl (C=O) groups excluding carboxylic acids is 3. The number of hydrogen-bond donors (Lipinski definition) is 1. The highest BCUT2D eigenvalue weighted by Gasteiger charge is 2.57. The van der Waals surface area contributed by atoms with Crippen molar-refractivity contribution in [1.82, 2.24) is 10.2 Å². The van der Waals surface area contributed by atoms with Gasteiger partial charge in [-0.15, -0.1) is 0 Å². The molecule has 4 atom stereocenters. The van der Waals surface area contributed by atoms with E-state index in [9.17, 15) is 14.4 Å². The molecule has 22 heavy (non-hydrogen) atoms. The smallest absolute Gasteiger partial charge is 0.247 e. The van der Waals surface area contributed by atoms with Crippen molar-refractivity contribution in [2.75, 3.05) is 4.90 Å². The molecule has 1 aromatic rings. The third kappa shape index (κ3) is 1.52. The molecule has 2 fully saturated rings. The van der Waals surface area contributed by atoms with E-state index in [1.165, 1.54) is 6.92 Å². The Morgan fingerprint density at radius 3 is 2.73 bits per heavy atom. The number of rotatable bonds is 0. The monoisotopic (exact) mass is 299 g/mol. The fourth-order valence-corrected chi connectivity index (χ4v) is 4.08. The molecule has 0 aromatic heterocycles. The van der Waals surface area contributed by atoms with Gasteiger partial charge in [0.05, 0.1) is 0 Å². The molecule has 3 aliphatic heterocycles. The molecule has 3 heterocycles. The van der Waals surface area contributed by atoms with Gasteiger partial charge < -0.3 is 10.2 Å². The molecule has 0 saturated carbocycles. The molecular weight excluding hydrogens is 282 g/mol. The van der Waals surface area contributed by atoms with Gasteiger partial charge in [0, 0.05) is 18.5 Å². The fourth-order valence-electron chi connectivity index (χ4n) is 4.08. The van der Waals surface area contributed by atoms with Crippen LogP contribution in [0, 0.1) is 0 Å². The number of benzene rings is 1.